The van der Waals surface area contributed by atoms with E-state index in [0.29, 0.717) is 37.3 Å². The normalized spacial score (nSPS) is 15.4. The summed E-state index contributed by atoms with van der Waals surface area (Å²) in [4.78, 5) is 32.1. The number of rotatable bonds is 9. The molecule has 200 valence electrons. The molecule has 4 rings (SSSR count). The van der Waals surface area contributed by atoms with Crippen molar-refractivity contribution in [2.45, 2.75) is 59.1 Å². The van der Waals surface area contributed by atoms with Gasteiger partial charge in [0.1, 0.15) is 5.75 Å². The molecule has 38 heavy (non-hydrogen) atoms. The maximum absolute atomic E-state index is 13.7. The fourth-order valence-electron chi connectivity index (χ4n) is 4.22. The summed E-state index contributed by atoms with van der Waals surface area (Å²) < 4.78 is 13.5. The molecule has 3 aromatic rings. The molecule has 1 aromatic heterocycles. The second-order valence-corrected chi connectivity index (χ2v) is 11.2. The number of allylic oxidation sites excluding steroid dienone is 1. The molecule has 1 atom stereocenters. The number of carbonyl (C=O) groups is 1. The summed E-state index contributed by atoms with van der Waals surface area (Å²) in [6.07, 6.45) is 4.66. The number of esters is 1. The highest BCUT2D eigenvalue weighted by molar-refractivity contribution is 7.07. The molecular weight excluding hydrogens is 543 g/mol. The number of halogens is 2. The number of hydrogen-bond donors (Lipinski definition) is 0. The van der Waals surface area contributed by atoms with Gasteiger partial charge in [0.15, 0.2) is 4.80 Å². The standard InChI is InChI=1S/C29H30Cl2N2O4S/c1-5-6-7-14-36-21-11-9-20(10-12-21)26-25(28(35)37-17(2)3)18(4)32-29-33(26)27(34)24(38-29)16-19-8-13-22(30)23(31)15-19/h8-13,15-17,26H,5-7,14H2,1-4H3/b24-16-. The second kappa shape index (κ2) is 12.3. The predicted molar refractivity (Wildman–Crippen MR) is 153 cm³/mol. The van der Waals surface area contributed by atoms with Crippen LogP contribution in [0.3, 0.4) is 0 Å². The Bertz CT molecular complexity index is 1540. The van der Waals surface area contributed by atoms with Crippen molar-refractivity contribution in [1.29, 1.82) is 0 Å². The van der Waals surface area contributed by atoms with Gasteiger partial charge in [-0.3, -0.25) is 9.36 Å². The Morgan fingerprint density at radius 2 is 1.87 bits per heavy atom. The fourth-order valence-corrected chi connectivity index (χ4v) is 5.57. The van der Waals surface area contributed by atoms with E-state index in [0.717, 1.165) is 36.1 Å². The summed E-state index contributed by atoms with van der Waals surface area (Å²) in [5.41, 5.74) is 2.10. The van der Waals surface area contributed by atoms with Crippen LogP contribution in [0.1, 0.15) is 64.1 Å². The second-order valence-electron chi connectivity index (χ2n) is 9.33. The Balaban J connectivity index is 1.80. The quantitative estimate of drug-likeness (QED) is 0.231. The molecule has 0 saturated carbocycles. The van der Waals surface area contributed by atoms with Gasteiger partial charge in [-0.1, -0.05) is 72.5 Å². The van der Waals surface area contributed by atoms with Crippen molar-refractivity contribution in [2.75, 3.05) is 6.61 Å². The van der Waals surface area contributed by atoms with Crippen molar-refractivity contribution >= 4 is 46.6 Å². The minimum atomic E-state index is -0.692. The minimum Gasteiger partial charge on any atom is -0.494 e. The molecule has 1 unspecified atom stereocenters. The zero-order chi connectivity index (χ0) is 27.4. The number of carbonyl (C=O) groups excluding carboxylic acids is 1. The summed E-state index contributed by atoms with van der Waals surface area (Å²) in [5, 5.41) is 0.838. The van der Waals surface area contributed by atoms with Gasteiger partial charge in [-0.25, -0.2) is 9.79 Å². The van der Waals surface area contributed by atoms with Gasteiger partial charge in [0.2, 0.25) is 0 Å². The molecule has 0 bridgehead atoms. The average molecular weight is 574 g/mol. The van der Waals surface area contributed by atoms with Crippen LogP contribution < -0.4 is 19.6 Å². The first kappa shape index (κ1) is 28.1. The first-order valence-corrected chi connectivity index (χ1v) is 14.2. The largest absolute Gasteiger partial charge is 0.494 e. The Hall–Kier alpha value is -2.87. The molecule has 0 fully saturated rings. The first-order valence-electron chi connectivity index (χ1n) is 12.6. The Morgan fingerprint density at radius 1 is 1.13 bits per heavy atom. The van der Waals surface area contributed by atoms with Gasteiger partial charge in [-0.2, -0.15) is 0 Å². The van der Waals surface area contributed by atoms with Crippen LogP contribution in [0.4, 0.5) is 0 Å². The summed E-state index contributed by atoms with van der Waals surface area (Å²) in [7, 11) is 0. The minimum absolute atomic E-state index is 0.257. The predicted octanol–water partition coefficient (Wildman–Crippen LogP) is 6.06. The number of hydrogen-bond acceptors (Lipinski definition) is 6. The number of nitrogens with zero attached hydrogens (tertiary/aromatic N) is 2. The highest BCUT2D eigenvalue weighted by Gasteiger charge is 2.33. The van der Waals surface area contributed by atoms with Gasteiger partial charge in [0.25, 0.3) is 5.56 Å². The number of thiazole rings is 1. The van der Waals surface area contributed by atoms with E-state index in [1.165, 1.54) is 11.3 Å². The van der Waals surface area contributed by atoms with Gasteiger partial charge in [-0.15, -0.1) is 0 Å². The van der Waals surface area contributed by atoms with Gasteiger partial charge in [0, 0.05) is 0 Å². The van der Waals surface area contributed by atoms with Crippen LogP contribution in [0.25, 0.3) is 6.08 Å². The third-order valence-electron chi connectivity index (χ3n) is 6.04. The van der Waals surface area contributed by atoms with Gasteiger partial charge >= 0.3 is 5.97 Å². The van der Waals surface area contributed by atoms with E-state index in [1.807, 2.05) is 24.3 Å². The third-order valence-corrected chi connectivity index (χ3v) is 7.76. The smallest absolute Gasteiger partial charge is 0.338 e. The fraction of sp³-hybridized carbons (Fsp3) is 0.345. The monoisotopic (exact) mass is 572 g/mol. The zero-order valence-electron chi connectivity index (χ0n) is 21.8. The van der Waals surface area contributed by atoms with Gasteiger partial charge in [0.05, 0.1) is 44.6 Å². The number of aromatic nitrogens is 1. The maximum atomic E-state index is 13.7. The lowest BCUT2D eigenvalue weighted by Gasteiger charge is -2.25. The molecule has 0 amide bonds. The Morgan fingerprint density at radius 3 is 2.53 bits per heavy atom. The van der Waals surface area contributed by atoms with Crippen LogP contribution in [-0.4, -0.2) is 23.2 Å². The molecule has 9 heteroatoms. The number of benzene rings is 2. The lowest BCUT2D eigenvalue weighted by Crippen LogP contribution is -2.40. The number of ether oxygens (including phenoxy) is 2. The highest BCUT2D eigenvalue weighted by Crippen LogP contribution is 2.32. The molecule has 1 aliphatic heterocycles. The molecule has 0 spiro atoms. The van der Waals surface area contributed by atoms with E-state index in [9.17, 15) is 9.59 Å². The van der Waals surface area contributed by atoms with E-state index in [4.69, 9.17) is 32.7 Å². The molecule has 1 aliphatic rings. The molecule has 0 saturated heterocycles. The molecule has 0 radical (unpaired) electrons. The molecule has 0 N–H and O–H groups in total. The SMILES string of the molecule is CCCCCOc1ccc(C2C(C(=O)OC(C)C)=C(C)N=c3s/c(=C\c4ccc(Cl)c(Cl)c4)c(=O)n32)cc1. The highest BCUT2D eigenvalue weighted by atomic mass is 35.5. The van der Waals surface area contributed by atoms with Crippen molar-refractivity contribution < 1.29 is 14.3 Å². The van der Waals surface area contributed by atoms with E-state index < -0.39 is 12.0 Å². The van der Waals surface area contributed by atoms with Gasteiger partial charge < -0.3 is 9.47 Å². The van der Waals surface area contributed by atoms with Crippen molar-refractivity contribution in [3.05, 3.63) is 94.6 Å². The number of fused-ring (bicyclic) bond motifs is 1. The summed E-state index contributed by atoms with van der Waals surface area (Å²) >= 11 is 13.5. The van der Waals surface area contributed by atoms with E-state index >= 15 is 0 Å². The molecular formula is C29H30Cl2N2O4S. The van der Waals surface area contributed by atoms with E-state index in [1.54, 1.807) is 49.6 Å². The summed E-state index contributed by atoms with van der Waals surface area (Å²) in [6, 6.07) is 12.0. The van der Waals surface area contributed by atoms with Crippen LogP contribution >= 0.6 is 34.5 Å². The van der Waals surface area contributed by atoms with Crippen LogP contribution in [0.2, 0.25) is 10.0 Å². The topological polar surface area (TPSA) is 69.9 Å². The Labute approximate surface area is 235 Å². The van der Waals surface area contributed by atoms with Crippen molar-refractivity contribution in [3.8, 4) is 5.75 Å². The van der Waals surface area contributed by atoms with Crippen LogP contribution in [0.15, 0.2) is 63.5 Å². The third kappa shape index (κ3) is 6.22. The van der Waals surface area contributed by atoms with E-state index in [2.05, 4.69) is 11.9 Å². The molecule has 6 nitrogen and oxygen atoms in total. The maximum Gasteiger partial charge on any atom is 0.338 e. The number of unbranched alkanes of at least 4 members (excludes halogenated alkanes) is 2. The Kier molecular flexibility index (Phi) is 9.13. The van der Waals surface area contributed by atoms with Crippen LogP contribution in [0, 0.1) is 0 Å². The van der Waals surface area contributed by atoms with E-state index in [-0.39, 0.29) is 11.7 Å². The van der Waals surface area contributed by atoms with Crippen LogP contribution in [0.5, 0.6) is 5.75 Å². The summed E-state index contributed by atoms with van der Waals surface area (Å²) in [6.45, 7) is 8.14. The first-order chi connectivity index (χ1) is 18.2. The average Bonchev–Trinajstić information content (AvgIpc) is 3.17. The lowest BCUT2D eigenvalue weighted by atomic mass is 9.96. The summed E-state index contributed by atoms with van der Waals surface area (Å²) in [5.74, 6) is 0.244. The zero-order valence-corrected chi connectivity index (χ0v) is 24.1. The van der Waals surface area contributed by atoms with Crippen molar-refractivity contribution in [2.24, 2.45) is 4.99 Å². The van der Waals surface area contributed by atoms with Crippen molar-refractivity contribution in [3.63, 3.8) is 0 Å². The van der Waals surface area contributed by atoms with Crippen molar-refractivity contribution in [1.82, 2.24) is 4.57 Å². The van der Waals surface area contributed by atoms with Gasteiger partial charge in [-0.05, 0) is 68.7 Å². The molecule has 2 heterocycles. The molecule has 0 aliphatic carbocycles. The lowest BCUT2D eigenvalue weighted by molar-refractivity contribution is -0.143. The molecule has 2 aromatic carbocycles. The van der Waals surface area contributed by atoms with Crippen LogP contribution in [-0.2, 0) is 9.53 Å².